The molecule has 2 aromatic rings. The molecule has 1 heterocycles. The van der Waals surface area contributed by atoms with Gasteiger partial charge in [-0.1, -0.05) is 20.8 Å². The SMILES string of the molecule is CC(C)(C)C(O)CNc1cc(C#N)c2cc([N+](=O)[O-])ccc2n1. The Balaban J connectivity index is 2.35. The number of nitriles is 1. The van der Waals surface area contributed by atoms with Gasteiger partial charge in [0.15, 0.2) is 0 Å². The van der Waals surface area contributed by atoms with Crippen LogP contribution in [0.5, 0.6) is 0 Å². The summed E-state index contributed by atoms with van der Waals surface area (Å²) < 4.78 is 0. The molecule has 0 saturated carbocycles. The van der Waals surface area contributed by atoms with Crippen molar-refractivity contribution in [3.05, 3.63) is 39.9 Å². The molecular formula is C16H18N4O3. The van der Waals surface area contributed by atoms with E-state index in [4.69, 9.17) is 0 Å². The number of aliphatic hydroxyl groups is 1. The summed E-state index contributed by atoms with van der Waals surface area (Å²) in [4.78, 5) is 14.7. The number of nitro benzene ring substituents is 1. The lowest BCUT2D eigenvalue weighted by Crippen LogP contribution is -2.33. The Kier molecular flexibility index (Phi) is 4.48. The van der Waals surface area contributed by atoms with Crippen LogP contribution in [0.3, 0.4) is 0 Å². The summed E-state index contributed by atoms with van der Waals surface area (Å²) in [5, 5.41) is 33.6. The van der Waals surface area contributed by atoms with Gasteiger partial charge in [0.25, 0.3) is 5.69 Å². The van der Waals surface area contributed by atoms with Gasteiger partial charge in [-0.05, 0) is 17.5 Å². The summed E-state index contributed by atoms with van der Waals surface area (Å²) >= 11 is 0. The van der Waals surface area contributed by atoms with Gasteiger partial charge >= 0.3 is 0 Å². The number of benzene rings is 1. The number of non-ortho nitro benzene ring substituents is 1. The minimum Gasteiger partial charge on any atom is -0.391 e. The Morgan fingerprint density at radius 3 is 2.70 bits per heavy atom. The van der Waals surface area contributed by atoms with Crippen LogP contribution in [-0.4, -0.2) is 27.7 Å². The quantitative estimate of drug-likeness (QED) is 0.663. The Hall–Kier alpha value is -2.72. The van der Waals surface area contributed by atoms with E-state index in [-0.39, 0.29) is 11.1 Å². The zero-order valence-corrected chi connectivity index (χ0v) is 13.2. The van der Waals surface area contributed by atoms with Crippen molar-refractivity contribution in [2.75, 3.05) is 11.9 Å². The maximum Gasteiger partial charge on any atom is 0.270 e. The second-order valence-corrected chi connectivity index (χ2v) is 6.39. The molecule has 0 bridgehead atoms. The number of anilines is 1. The minimum atomic E-state index is -0.581. The Labute approximate surface area is 133 Å². The van der Waals surface area contributed by atoms with Crippen LogP contribution in [0.25, 0.3) is 10.9 Å². The van der Waals surface area contributed by atoms with Crippen LogP contribution in [-0.2, 0) is 0 Å². The number of rotatable bonds is 4. The fourth-order valence-corrected chi connectivity index (χ4v) is 2.02. The van der Waals surface area contributed by atoms with Crippen LogP contribution >= 0.6 is 0 Å². The molecule has 2 rings (SSSR count). The van der Waals surface area contributed by atoms with E-state index < -0.39 is 11.0 Å². The number of pyridine rings is 1. The lowest BCUT2D eigenvalue weighted by Gasteiger charge is -2.26. The highest BCUT2D eigenvalue weighted by Gasteiger charge is 2.22. The van der Waals surface area contributed by atoms with Crippen molar-refractivity contribution in [1.82, 2.24) is 4.98 Å². The molecule has 120 valence electrons. The fraction of sp³-hybridized carbons (Fsp3) is 0.375. The first kappa shape index (κ1) is 16.6. The van der Waals surface area contributed by atoms with Crippen molar-refractivity contribution in [3.8, 4) is 6.07 Å². The average Bonchev–Trinajstić information content (AvgIpc) is 2.50. The second-order valence-electron chi connectivity index (χ2n) is 6.39. The van der Waals surface area contributed by atoms with Crippen LogP contribution < -0.4 is 5.32 Å². The topological polar surface area (TPSA) is 112 Å². The molecule has 0 aliphatic rings. The van der Waals surface area contributed by atoms with E-state index in [1.54, 1.807) is 0 Å². The molecule has 1 unspecified atom stereocenters. The summed E-state index contributed by atoms with van der Waals surface area (Å²) in [5.41, 5.74) is 0.427. The molecule has 1 aromatic heterocycles. The number of nitrogens with zero attached hydrogens (tertiary/aromatic N) is 3. The highest BCUT2D eigenvalue weighted by Crippen LogP contribution is 2.25. The van der Waals surface area contributed by atoms with Gasteiger partial charge in [-0.3, -0.25) is 10.1 Å². The second kappa shape index (κ2) is 6.18. The molecular weight excluding hydrogens is 296 g/mol. The van der Waals surface area contributed by atoms with Crippen molar-refractivity contribution in [2.24, 2.45) is 5.41 Å². The first-order valence-electron chi connectivity index (χ1n) is 7.13. The molecule has 1 aromatic carbocycles. The summed E-state index contributed by atoms with van der Waals surface area (Å²) in [5.74, 6) is 0.450. The van der Waals surface area contributed by atoms with Crippen LogP contribution in [0.4, 0.5) is 11.5 Å². The first-order chi connectivity index (χ1) is 10.7. The lowest BCUT2D eigenvalue weighted by molar-refractivity contribution is -0.384. The molecule has 1 atom stereocenters. The third-order valence-electron chi connectivity index (χ3n) is 3.60. The van der Waals surface area contributed by atoms with Gasteiger partial charge in [0.2, 0.25) is 0 Å². The highest BCUT2D eigenvalue weighted by molar-refractivity contribution is 5.88. The highest BCUT2D eigenvalue weighted by atomic mass is 16.6. The summed E-state index contributed by atoms with van der Waals surface area (Å²) in [6.45, 7) is 6.06. The van der Waals surface area contributed by atoms with Gasteiger partial charge in [-0.2, -0.15) is 5.26 Å². The van der Waals surface area contributed by atoms with Gasteiger partial charge < -0.3 is 10.4 Å². The number of nitro groups is 1. The van der Waals surface area contributed by atoms with Crippen molar-refractivity contribution in [2.45, 2.75) is 26.9 Å². The minimum absolute atomic E-state index is 0.0836. The van der Waals surface area contributed by atoms with E-state index in [2.05, 4.69) is 10.3 Å². The number of fused-ring (bicyclic) bond motifs is 1. The molecule has 0 fully saturated rings. The number of hydrogen-bond donors (Lipinski definition) is 2. The third kappa shape index (κ3) is 3.73. The molecule has 0 aliphatic heterocycles. The molecule has 23 heavy (non-hydrogen) atoms. The molecule has 0 amide bonds. The van der Waals surface area contributed by atoms with Gasteiger partial charge in [-0.15, -0.1) is 0 Å². The van der Waals surface area contributed by atoms with Crippen molar-refractivity contribution in [3.63, 3.8) is 0 Å². The van der Waals surface area contributed by atoms with E-state index in [9.17, 15) is 20.5 Å². The van der Waals surface area contributed by atoms with E-state index in [0.29, 0.717) is 28.8 Å². The van der Waals surface area contributed by atoms with Crippen LogP contribution in [0, 0.1) is 26.9 Å². The number of aliphatic hydroxyl groups excluding tert-OH is 1. The Morgan fingerprint density at radius 2 is 2.13 bits per heavy atom. The van der Waals surface area contributed by atoms with Gasteiger partial charge in [0, 0.05) is 24.1 Å². The Bertz CT molecular complexity index is 790. The normalized spacial score (nSPS) is 12.7. The van der Waals surface area contributed by atoms with Crippen molar-refractivity contribution < 1.29 is 10.0 Å². The van der Waals surface area contributed by atoms with Gasteiger partial charge in [-0.25, -0.2) is 4.98 Å². The van der Waals surface area contributed by atoms with Crippen LogP contribution in [0.2, 0.25) is 0 Å². The molecule has 2 N–H and O–H groups in total. The predicted octanol–water partition coefficient (Wildman–Crippen LogP) is 2.83. The molecule has 0 spiro atoms. The predicted molar refractivity (Wildman–Crippen MR) is 87.1 cm³/mol. The van der Waals surface area contributed by atoms with E-state index >= 15 is 0 Å². The van der Waals surface area contributed by atoms with Gasteiger partial charge in [0.05, 0.1) is 28.2 Å². The molecule has 7 nitrogen and oxygen atoms in total. The standard InChI is InChI=1S/C16H18N4O3/c1-16(2,3)14(21)9-18-15-6-10(8-17)12-7-11(20(22)23)4-5-13(12)19-15/h4-7,14,21H,9H2,1-3H3,(H,18,19). The maximum atomic E-state index is 10.8. The molecule has 7 heteroatoms. The smallest absolute Gasteiger partial charge is 0.270 e. The van der Waals surface area contributed by atoms with E-state index in [0.717, 1.165) is 0 Å². The van der Waals surface area contributed by atoms with Crippen LogP contribution in [0.15, 0.2) is 24.3 Å². The van der Waals surface area contributed by atoms with Crippen molar-refractivity contribution >= 4 is 22.4 Å². The number of nitrogens with one attached hydrogen (secondary N) is 1. The molecule has 0 aliphatic carbocycles. The Morgan fingerprint density at radius 1 is 1.43 bits per heavy atom. The summed E-state index contributed by atoms with van der Waals surface area (Å²) in [6.07, 6.45) is -0.581. The first-order valence-corrected chi connectivity index (χ1v) is 7.13. The van der Waals surface area contributed by atoms with Crippen molar-refractivity contribution in [1.29, 1.82) is 5.26 Å². The molecule has 0 saturated heterocycles. The van der Waals surface area contributed by atoms with Gasteiger partial charge in [0.1, 0.15) is 5.82 Å². The largest absolute Gasteiger partial charge is 0.391 e. The zero-order chi connectivity index (χ0) is 17.2. The summed E-state index contributed by atoms with van der Waals surface area (Å²) in [7, 11) is 0. The third-order valence-corrected chi connectivity index (χ3v) is 3.60. The summed E-state index contributed by atoms with van der Waals surface area (Å²) in [6, 6.07) is 7.77. The maximum absolute atomic E-state index is 10.8. The molecule has 0 radical (unpaired) electrons. The monoisotopic (exact) mass is 314 g/mol. The van der Waals surface area contributed by atoms with E-state index in [1.807, 2.05) is 26.8 Å². The zero-order valence-electron chi connectivity index (χ0n) is 13.2. The number of aromatic nitrogens is 1. The number of hydrogen-bond acceptors (Lipinski definition) is 6. The average molecular weight is 314 g/mol. The fourth-order valence-electron chi connectivity index (χ4n) is 2.02. The van der Waals surface area contributed by atoms with E-state index in [1.165, 1.54) is 24.3 Å². The lowest BCUT2D eigenvalue weighted by atomic mass is 9.89. The van der Waals surface area contributed by atoms with Crippen LogP contribution in [0.1, 0.15) is 26.3 Å².